The number of halogens is 3. The molecule has 1 saturated heterocycles. The molecule has 0 aromatic heterocycles. The zero-order valence-corrected chi connectivity index (χ0v) is 18.6. The molecule has 0 unspecified atom stereocenters. The fourth-order valence-corrected chi connectivity index (χ4v) is 4.24. The van der Waals surface area contributed by atoms with Gasteiger partial charge in [0.1, 0.15) is 0 Å². The van der Waals surface area contributed by atoms with Crippen LogP contribution in [0.1, 0.15) is 44.9 Å². The normalized spacial score (nSPS) is 17.7. The number of nitrogens with zero attached hydrogens (tertiary/aromatic N) is 3. The van der Waals surface area contributed by atoms with E-state index in [4.69, 9.17) is 0 Å². The molecule has 0 saturated carbocycles. The lowest BCUT2D eigenvalue weighted by Gasteiger charge is -2.31. The summed E-state index contributed by atoms with van der Waals surface area (Å²) in [6, 6.07) is 0. The highest BCUT2D eigenvalue weighted by atomic mass is 32.2. The molecule has 172 valence electrons. The van der Waals surface area contributed by atoms with Gasteiger partial charge < -0.3 is 15.5 Å². The highest BCUT2D eigenvalue weighted by Crippen LogP contribution is 2.30. The fraction of sp³-hybridized carbons (Fsp3) is 0.944. The summed E-state index contributed by atoms with van der Waals surface area (Å²) < 4.78 is 61.3. The molecule has 0 atom stereocenters. The van der Waals surface area contributed by atoms with E-state index in [0.717, 1.165) is 25.9 Å². The maximum atomic E-state index is 12.6. The van der Waals surface area contributed by atoms with Crippen molar-refractivity contribution in [1.29, 1.82) is 0 Å². The number of alkyl halides is 3. The second kappa shape index (κ2) is 12.6. The zero-order valence-electron chi connectivity index (χ0n) is 17.8. The summed E-state index contributed by atoms with van der Waals surface area (Å²) in [5.41, 5.74) is -5.23. The Kier molecular flexibility index (Phi) is 11.3. The van der Waals surface area contributed by atoms with Crippen LogP contribution >= 0.6 is 0 Å². The van der Waals surface area contributed by atoms with Gasteiger partial charge in [-0.1, -0.05) is 19.3 Å². The van der Waals surface area contributed by atoms with Gasteiger partial charge in [0.15, 0.2) is 5.96 Å². The molecule has 0 amide bonds. The maximum Gasteiger partial charge on any atom is 0.511 e. The van der Waals surface area contributed by atoms with E-state index in [1.165, 1.54) is 19.3 Å². The molecule has 1 heterocycles. The molecule has 0 radical (unpaired) electrons. The van der Waals surface area contributed by atoms with Crippen LogP contribution in [0.15, 0.2) is 4.99 Å². The molecule has 0 bridgehead atoms. The first-order valence-corrected chi connectivity index (χ1v) is 11.7. The summed E-state index contributed by atoms with van der Waals surface area (Å²) in [5.74, 6) is 0.785. The van der Waals surface area contributed by atoms with Crippen LogP contribution in [0.4, 0.5) is 13.2 Å². The van der Waals surface area contributed by atoms with Gasteiger partial charge in [0.25, 0.3) is 0 Å². The number of hydrogen-bond acceptors (Lipinski definition) is 4. The molecule has 0 spiro atoms. The van der Waals surface area contributed by atoms with Gasteiger partial charge in [0.05, 0.1) is 0 Å². The first-order valence-electron chi connectivity index (χ1n) is 10.2. The third kappa shape index (κ3) is 9.52. The van der Waals surface area contributed by atoms with Crippen molar-refractivity contribution in [3.8, 4) is 0 Å². The molecule has 0 aromatic carbocycles. The highest BCUT2D eigenvalue weighted by Gasteiger charge is 2.50. The number of rotatable bonds is 11. The summed E-state index contributed by atoms with van der Waals surface area (Å²) in [6.45, 7) is 2.29. The lowest BCUT2D eigenvalue weighted by atomic mass is 9.98. The summed E-state index contributed by atoms with van der Waals surface area (Å²) in [7, 11) is 0.623. The Morgan fingerprint density at radius 3 is 2.21 bits per heavy atom. The molecule has 0 aromatic rings. The largest absolute Gasteiger partial charge is 0.511 e. The number of unbranched alkanes of at least 4 members (excludes halogenated alkanes) is 4. The Balaban J connectivity index is 2.18. The average Bonchev–Trinajstić information content (AvgIpc) is 2.65. The van der Waals surface area contributed by atoms with Crippen LogP contribution in [0.2, 0.25) is 0 Å². The Bertz CT molecular complexity index is 589. The van der Waals surface area contributed by atoms with Gasteiger partial charge >= 0.3 is 15.5 Å². The van der Waals surface area contributed by atoms with Gasteiger partial charge in [0.2, 0.25) is 0 Å². The van der Waals surface area contributed by atoms with Gasteiger partial charge in [0, 0.05) is 33.2 Å². The number of sulfonamides is 1. The van der Waals surface area contributed by atoms with Crippen molar-refractivity contribution >= 4 is 16.0 Å². The third-order valence-electron chi connectivity index (χ3n) is 5.06. The van der Waals surface area contributed by atoms with Crippen LogP contribution in [0.25, 0.3) is 0 Å². The molecule has 11 heteroatoms. The summed E-state index contributed by atoms with van der Waals surface area (Å²) in [6.07, 6.45) is 6.65. The molecule has 29 heavy (non-hydrogen) atoms. The van der Waals surface area contributed by atoms with E-state index in [0.29, 0.717) is 29.7 Å². The third-order valence-corrected chi connectivity index (χ3v) is 6.69. The van der Waals surface area contributed by atoms with Crippen molar-refractivity contribution in [2.45, 2.75) is 50.5 Å². The van der Waals surface area contributed by atoms with Crippen LogP contribution in [-0.2, 0) is 10.0 Å². The fourth-order valence-electron chi connectivity index (χ4n) is 3.25. The molecular formula is C18H36F3N5O2S. The van der Waals surface area contributed by atoms with Gasteiger partial charge in [-0.25, -0.2) is 8.42 Å². The average molecular weight is 444 g/mol. The lowest BCUT2D eigenvalue weighted by molar-refractivity contribution is -0.0496. The molecule has 1 aliphatic rings. The van der Waals surface area contributed by atoms with Crippen molar-refractivity contribution in [3.63, 3.8) is 0 Å². The van der Waals surface area contributed by atoms with Crippen molar-refractivity contribution in [1.82, 2.24) is 19.8 Å². The minimum Gasteiger partial charge on any atom is -0.356 e. The van der Waals surface area contributed by atoms with Gasteiger partial charge in [-0.15, -0.1) is 0 Å². The van der Waals surface area contributed by atoms with Crippen molar-refractivity contribution < 1.29 is 21.6 Å². The lowest BCUT2D eigenvalue weighted by Crippen LogP contribution is -2.47. The van der Waals surface area contributed by atoms with E-state index in [1.54, 1.807) is 7.05 Å². The van der Waals surface area contributed by atoms with Crippen molar-refractivity contribution in [2.24, 2.45) is 10.9 Å². The van der Waals surface area contributed by atoms with E-state index in [9.17, 15) is 21.6 Å². The highest BCUT2D eigenvalue weighted by molar-refractivity contribution is 7.90. The van der Waals surface area contributed by atoms with Crippen LogP contribution < -0.4 is 10.6 Å². The topological polar surface area (TPSA) is 77.0 Å². The molecule has 1 fully saturated rings. The number of aliphatic imine (C=N–C) groups is 1. The minimum absolute atomic E-state index is 0.103. The first-order chi connectivity index (χ1) is 13.6. The molecule has 0 aliphatic carbocycles. The summed E-state index contributed by atoms with van der Waals surface area (Å²) in [4.78, 5) is 6.35. The van der Waals surface area contributed by atoms with Gasteiger partial charge in [-0.2, -0.15) is 17.5 Å². The number of hydrogen-bond donors (Lipinski definition) is 2. The Morgan fingerprint density at radius 1 is 1.07 bits per heavy atom. The van der Waals surface area contributed by atoms with Gasteiger partial charge in [-0.05, 0) is 52.2 Å². The van der Waals surface area contributed by atoms with Crippen LogP contribution in [-0.4, -0.2) is 83.0 Å². The Morgan fingerprint density at radius 2 is 1.66 bits per heavy atom. The molecular weight excluding hydrogens is 407 g/mol. The summed E-state index contributed by atoms with van der Waals surface area (Å²) >= 11 is 0. The minimum atomic E-state index is -5.23. The van der Waals surface area contributed by atoms with E-state index >= 15 is 0 Å². The molecule has 1 aliphatic heterocycles. The molecule has 7 nitrogen and oxygen atoms in total. The van der Waals surface area contributed by atoms with E-state index < -0.39 is 15.5 Å². The Labute approximate surface area is 173 Å². The number of guanidine groups is 1. The summed E-state index contributed by atoms with van der Waals surface area (Å²) in [5, 5.41) is 6.44. The second-order valence-electron chi connectivity index (χ2n) is 7.74. The van der Waals surface area contributed by atoms with Crippen LogP contribution in [0.5, 0.6) is 0 Å². The SMILES string of the molecule is CN=C(NCCCCCCCN(C)C)NCC1CCN(S(=O)(=O)C(F)(F)F)CC1. The van der Waals surface area contributed by atoms with Crippen molar-refractivity contribution in [3.05, 3.63) is 0 Å². The predicted octanol–water partition coefficient (Wildman–Crippen LogP) is 2.23. The zero-order chi connectivity index (χ0) is 21.9. The molecule has 1 rings (SSSR count). The molecule has 2 N–H and O–H groups in total. The first kappa shape index (κ1) is 26.0. The smallest absolute Gasteiger partial charge is 0.356 e. The number of piperidine rings is 1. The van der Waals surface area contributed by atoms with Crippen LogP contribution in [0, 0.1) is 5.92 Å². The number of nitrogens with one attached hydrogen (secondary N) is 2. The standard InChI is InChI=1S/C18H36F3N5O2S/c1-22-17(23-11-7-5-4-6-8-12-25(2)3)24-15-16-9-13-26(14-10-16)29(27,28)18(19,20)21/h16H,4-15H2,1-3H3,(H2,22,23,24). The van der Waals surface area contributed by atoms with E-state index in [-0.39, 0.29) is 19.0 Å². The van der Waals surface area contributed by atoms with E-state index in [1.807, 2.05) is 0 Å². The van der Waals surface area contributed by atoms with Gasteiger partial charge in [-0.3, -0.25) is 4.99 Å². The van der Waals surface area contributed by atoms with Crippen molar-refractivity contribution in [2.75, 3.05) is 53.9 Å². The predicted molar refractivity (Wildman–Crippen MR) is 110 cm³/mol. The maximum absolute atomic E-state index is 12.6. The second-order valence-corrected chi connectivity index (χ2v) is 9.67. The monoisotopic (exact) mass is 443 g/mol. The quantitative estimate of drug-likeness (QED) is 0.291. The van der Waals surface area contributed by atoms with Crippen LogP contribution in [0.3, 0.4) is 0 Å². The Hall–Kier alpha value is -1.07. The van der Waals surface area contributed by atoms with E-state index in [2.05, 4.69) is 34.6 Å².